The number of aromatic nitrogens is 4. The first-order valence-corrected chi connectivity index (χ1v) is 32.2. The van der Waals surface area contributed by atoms with Crippen LogP contribution in [0.1, 0.15) is 45.0 Å². The molecule has 0 atom stereocenters. The van der Waals surface area contributed by atoms with Gasteiger partial charge in [0.2, 0.25) is 0 Å². The lowest BCUT2D eigenvalue weighted by Crippen LogP contribution is -2.29. The predicted octanol–water partition coefficient (Wildman–Crippen LogP) is 16.1. The average molecular weight is 1400 g/mol. The highest BCUT2D eigenvalue weighted by Gasteiger charge is 2.36. The van der Waals surface area contributed by atoms with E-state index in [-0.39, 0.29) is 24.6 Å². The zero-order valence-electron chi connectivity index (χ0n) is 48.2. The second kappa shape index (κ2) is 27.2. The largest absolute Gasteiger partial charge is 0.457 e. The minimum atomic E-state index is -4.42. The third-order valence-electron chi connectivity index (χ3n) is 14.3. The van der Waals surface area contributed by atoms with Gasteiger partial charge in [0.05, 0.1) is 43.9 Å². The third-order valence-corrected chi connectivity index (χ3v) is 18.2. The first-order valence-electron chi connectivity index (χ1n) is 27.8. The summed E-state index contributed by atoms with van der Waals surface area (Å²) in [7, 11) is -7.84. The zero-order chi connectivity index (χ0) is 66.7. The number of ether oxygens (including phenoxy) is 2. The lowest BCUT2D eigenvalue weighted by Gasteiger charge is -2.15. The molecule has 10 aromatic rings. The lowest BCUT2D eigenvalue weighted by molar-refractivity contribution is -0.138. The van der Waals surface area contributed by atoms with Crippen LogP contribution < -0.4 is 27.5 Å². The van der Waals surface area contributed by atoms with E-state index in [4.69, 9.17) is 65.8 Å². The molecule has 0 spiro atoms. The number of halogens is 10. The highest BCUT2D eigenvalue weighted by atomic mass is 35.5. The van der Waals surface area contributed by atoms with Crippen molar-refractivity contribution in [1.82, 2.24) is 28.5 Å². The van der Waals surface area contributed by atoms with Crippen LogP contribution in [0.3, 0.4) is 0 Å². The fourth-order valence-corrected chi connectivity index (χ4v) is 13.0. The molecule has 4 heterocycles. The van der Waals surface area contributed by atoms with E-state index in [9.17, 15) is 52.8 Å². The molecule has 0 bridgehead atoms. The van der Waals surface area contributed by atoms with Gasteiger partial charge in [-0.25, -0.2) is 28.0 Å². The molecule has 2 saturated heterocycles. The number of alkyl halides is 6. The van der Waals surface area contributed by atoms with Gasteiger partial charge in [-0.3, -0.25) is 9.59 Å². The molecule has 2 N–H and O–H groups in total. The van der Waals surface area contributed by atoms with E-state index in [1.165, 1.54) is 24.3 Å². The molecule has 8 aromatic carbocycles. The predicted molar refractivity (Wildman–Crippen MR) is 349 cm³/mol. The molecule has 16 nitrogen and oxygen atoms in total. The van der Waals surface area contributed by atoms with Gasteiger partial charge < -0.3 is 18.6 Å². The summed E-state index contributed by atoms with van der Waals surface area (Å²) < 4.78 is 147. The van der Waals surface area contributed by atoms with Crippen molar-refractivity contribution in [3.63, 3.8) is 0 Å². The number of nitrogens with one attached hydrogen (secondary N) is 2. The molecule has 94 heavy (non-hydrogen) atoms. The minimum absolute atomic E-state index is 0.275. The van der Waals surface area contributed by atoms with E-state index in [2.05, 4.69) is 0 Å². The lowest BCUT2D eigenvalue weighted by atomic mass is 10.1. The Kier molecular flexibility index (Phi) is 19.1. The zero-order valence-corrected chi connectivity index (χ0v) is 52.8. The van der Waals surface area contributed by atoms with Crippen molar-refractivity contribution in [1.29, 1.82) is 0 Å². The summed E-state index contributed by atoms with van der Waals surface area (Å²) in [6.07, 6.45) is 2.18. The molecule has 2 aliphatic rings. The highest BCUT2D eigenvalue weighted by molar-refractivity contribution is 7.92. The summed E-state index contributed by atoms with van der Waals surface area (Å²) in [4.78, 5) is 32.9. The van der Waals surface area contributed by atoms with Crippen LogP contribution in [0.2, 0.25) is 20.1 Å². The van der Waals surface area contributed by atoms with E-state index in [0.29, 0.717) is 90.2 Å². The summed E-state index contributed by atoms with van der Waals surface area (Å²) in [5, 5.41) is 1.84. The topological polar surface area (TPSA) is 187 Å². The van der Waals surface area contributed by atoms with E-state index in [1.54, 1.807) is 133 Å². The van der Waals surface area contributed by atoms with Crippen LogP contribution in [0.15, 0.2) is 194 Å². The third kappa shape index (κ3) is 16.1. The van der Waals surface area contributed by atoms with Gasteiger partial charge in [-0.2, -0.15) is 43.2 Å². The summed E-state index contributed by atoms with van der Waals surface area (Å²) in [5.41, 5.74) is 5.09. The molecule has 12 rings (SSSR count). The molecule has 2 amide bonds. The van der Waals surface area contributed by atoms with Crippen molar-refractivity contribution in [2.75, 3.05) is 21.7 Å². The molecule has 0 unspecified atom stereocenters. The quantitative estimate of drug-likeness (QED) is 0.0882. The summed E-state index contributed by atoms with van der Waals surface area (Å²) >= 11 is 25.1. The molecule has 480 valence electrons. The average Bonchev–Trinajstić information content (AvgIpc) is 1.66. The molecule has 2 aromatic heterocycles. The molecule has 28 heteroatoms. The molecule has 0 aliphatic carbocycles. The van der Waals surface area contributed by atoms with E-state index >= 15 is 0 Å². The number of carbonyl (C=O) groups excluding carboxylic acids is 2. The Morgan fingerprint density at radius 1 is 0.447 bits per heavy atom. The van der Waals surface area contributed by atoms with Gasteiger partial charge in [0.15, 0.2) is 0 Å². The smallest absolute Gasteiger partial charge is 0.416 e. The number of rotatable bonds is 16. The van der Waals surface area contributed by atoms with Gasteiger partial charge in [-0.15, -0.1) is 0 Å². The number of nitrogens with zero attached hydrogens (tertiary/aromatic N) is 6. The van der Waals surface area contributed by atoms with Gasteiger partial charge in [-0.05, 0) is 168 Å². The van der Waals surface area contributed by atoms with Gasteiger partial charge in [0, 0.05) is 46.7 Å². The Morgan fingerprint density at radius 3 is 1.07 bits per heavy atom. The van der Waals surface area contributed by atoms with Crippen molar-refractivity contribution in [3.05, 3.63) is 260 Å². The SMILES string of the molecule is O=C1CN(c2ccc(Cn3cc(-c4ccc(Cl)cc4Cl)nc3/C=C/c3ccc(Oc4ccc(C(F)(F)F)cc4)cc3)cc2)S(=O)(=O)N1.O=C1CN(c2ccc(Cn3cc(-c4ccc(Cl)cc4Cl)nc3/C=C/c3ccc(Oc4ccc(C(F)(F)F)cc4)cc3)cc2)S(=O)(=O)N1. The van der Waals surface area contributed by atoms with Crippen LogP contribution in [0.5, 0.6) is 23.0 Å². The second-order valence-electron chi connectivity index (χ2n) is 20.9. The van der Waals surface area contributed by atoms with Gasteiger partial charge in [0.25, 0.3) is 11.8 Å². The van der Waals surface area contributed by atoms with Crippen LogP contribution in [-0.4, -0.2) is 60.8 Å². The molecular formula is C66H46Cl4F6N8O8S2. The first-order chi connectivity index (χ1) is 44.7. The van der Waals surface area contributed by atoms with Crippen molar-refractivity contribution < 1.29 is 62.2 Å². The molecule has 2 aliphatic heterocycles. The van der Waals surface area contributed by atoms with E-state index in [0.717, 1.165) is 55.1 Å². The van der Waals surface area contributed by atoms with E-state index < -0.39 is 55.7 Å². The van der Waals surface area contributed by atoms with Crippen LogP contribution in [-0.2, 0) is 55.4 Å². The van der Waals surface area contributed by atoms with Gasteiger partial charge in [0.1, 0.15) is 47.7 Å². The summed E-state index contributed by atoms with van der Waals surface area (Å²) in [6, 6.07) is 46.8. The van der Waals surface area contributed by atoms with Gasteiger partial charge in [-0.1, -0.05) is 107 Å². The first kappa shape index (κ1) is 65.9. The summed E-state index contributed by atoms with van der Waals surface area (Å²) in [6.45, 7) is 0.182. The normalized spacial score (nSPS) is 14.5. The maximum Gasteiger partial charge on any atom is 0.416 e. The molecule has 2 fully saturated rings. The van der Waals surface area contributed by atoms with Gasteiger partial charge >= 0.3 is 32.8 Å². The van der Waals surface area contributed by atoms with Crippen molar-refractivity contribution >= 4 is 114 Å². The number of hydrogen-bond acceptors (Lipinski definition) is 10. The standard InChI is InChI=1S/2C33H23Cl2F3N4O4S/c2*34-24-8-15-28(29(35)17-24)30-19-41(18-22-1-9-25(10-2-22)42-20-32(43)40-47(42,44)45)31(39-30)16-5-21-3-11-26(12-4-21)46-27-13-6-23(7-14-27)33(36,37)38/h2*1-17,19H,18,20H2,(H,40,43)/b2*16-5+. The fourth-order valence-electron chi connectivity index (χ4n) is 9.65. The Morgan fingerprint density at radius 2 is 0.777 bits per heavy atom. The minimum Gasteiger partial charge on any atom is -0.457 e. The van der Waals surface area contributed by atoms with Crippen molar-refractivity contribution in [2.45, 2.75) is 25.4 Å². The molecule has 0 radical (unpaired) electrons. The Labute approximate surface area is 553 Å². The summed E-state index contributed by atoms with van der Waals surface area (Å²) in [5.74, 6) is 1.45. The second-order valence-corrected chi connectivity index (χ2v) is 25.8. The monoisotopic (exact) mass is 1400 g/mol. The van der Waals surface area contributed by atoms with Crippen LogP contribution >= 0.6 is 46.4 Å². The van der Waals surface area contributed by atoms with Crippen LogP contribution in [0.4, 0.5) is 37.7 Å². The van der Waals surface area contributed by atoms with E-state index in [1.807, 2.05) is 55.3 Å². The fraction of sp³-hybridized carbons (Fsp3) is 0.0909. The Bertz CT molecular complexity index is 4470. The van der Waals surface area contributed by atoms with Crippen molar-refractivity contribution in [3.8, 4) is 45.5 Å². The molecule has 0 saturated carbocycles. The number of carbonyl (C=O) groups is 2. The highest BCUT2D eigenvalue weighted by Crippen LogP contribution is 2.36. The van der Waals surface area contributed by atoms with Crippen LogP contribution in [0.25, 0.3) is 46.8 Å². The number of hydrogen-bond donors (Lipinski definition) is 2. The van der Waals surface area contributed by atoms with Crippen LogP contribution in [0, 0.1) is 0 Å². The van der Waals surface area contributed by atoms with Crippen molar-refractivity contribution in [2.24, 2.45) is 0 Å². The number of anilines is 2. The Balaban J connectivity index is 0.000000192. The maximum atomic E-state index is 12.8. The Hall–Kier alpha value is -9.56. The number of benzene rings is 8. The molecular weight excluding hydrogens is 1350 g/mol. The number of amides is 2. The number of imidazole rings is 2. The maximum absolute atomic E-state index is 12.8.